The van der Waals surface area contributed by atoms with E-state index in [4.69, 9.17) is 5.73 Å². The second kappa shape index (κ2) is 5.05. The standard InChI is InChI=1S/C12H15N3O4/c1-12(2,11(13)17)14(3)10(16)8-4-6-9(7-5-8)15(18)19/h4-7H,1-3H3,(H2,13,17). The highest BCUT2D eigenvalue weighted by Gasteiger charge is 2.33. The number of primary amides is 1. The van der Waals surface area contributed by atoms with Crippen molar-refractivity contribution in [2.75, 3.05) is 7.05 Å². The van der Waals surface area contributed by atoms with E-state index in [-0.39, 0.29) is 11.3 Å². The van der Waals surface area contributed by atoms with Crippen LogP contribution in [0.3, 0.4) is 0 Å². The first-order valence-corrected chi connectivity index (χ1v) is 5.50. The van der Waals surface area contributed by atoms with E-state index in [0.29, 0.717) is 0 Å². The lowest BCUT2D eigenvalue weighted by molar-refractivity contribution is -0.384. The molecule has 0 bridgehead atoms. The van der Waals surface area contributed by atoms with Gasteiger partial charge in [-0.2, -0.15) is 0 Å². The zero-order valence-corrected chi connectivity index (χ0v) is 10.9. The number of benzene rings is 1. The first-order valence-electron chi connectivity index (χ1n) is 5.50. The van der Waals surface area contributed by atoms with Gasteiger partial charge in [0.1, 0.15) is 5.54 Å². The number of nitrogens with zero attached hydrogens (tertiary/aromatic N) is 2. The van der Waals surface area contributed by atoms with Crippen LogP contribution < -0.4 is 5.73 Å². The number of hydrogen-bond acceptors (Lipinski definition) is 4. The molecule has 0 unspecified atom stereocenters. The molecule has 2 amide bonds. The summed E-state index contributed by atoms with van der Waals surface area (Å²) in [5, 5.41) is 10.5. The van der Waals surface area contributed by atoms with Crippen LogP contribution in [0.5, 0.6) is 0 Å². The molecule has 19 heavy (non-hydrogen) atoms. The van der Waals surface area contributed by atoms with E-state index in [1.165, 1.54) is 50.1 Å². The average molecular weight is 265 g/mol. The summed E-state index contributed by atoms with van der Waals surface area (Å²) in [5.74, 6) is -1.07. The number of nitrogens with two attached hydrogens (primary N) is 1. The van der Waals surface area contributed by atoms with Crippen LogP contribution in [0.2, 0.25) is 0 Å². The van der Waals surface area contributed by atoms with E-state index in [0.717, 1.165) is 0 Å². The molecule has 0 atom stereocenters. The Labute approximate surface area is 110 Å². The van der Waals surface area contributed by atoms with Crippen LogP contribution in [0.25, 0.3) is 0 Å². The molecule has 0 heterocycles. The summed E-state index contributed by atoms with van der Waals surface area (Å²) in [5.41, 5.74) is 4.24. The molecule has 0 aliphatic carbocycles. The number of amides is 2. The van der Waals surface area contributed by atoms with Crippen molar-refractivity contribution in [3.05, 3.63) is 39.9 Å². The third-order valence-electron chi connectivity index (χ3n) is 3.07. The van der Waals surface area contributed by atoms with Crippen LogP contribution in [0, 0.1) is 10.1 Å². The van der Waals surface area contributed by atoms with E-state index in [1.54, 1.807) is 0 Å². The number of non-ortho nitro benzene ring substituents is 1. The summed E-state index contributed by atoms with van der Waals surface area (Å²) in [6.45, 7) is 3.05. The van der Waals surface area contributed by atoms with Crippen LogP contribution in [0.1, 0.15) is 24.2 Å². The van der Waals surface area contributed by atoms with Crippen LogP contribution in [-0.2, 0) is 4.79 Å². The molecular formula is C12H15N3O4. The number of likely N-dealkylation sites (N-methyl/N-ethyl adjacent to an activating group) is 1. The Kier molecular flexibility index (Phi) is 3.89. The summed E-state index contributed by atoms with van der Waals surface area (Å²) >= 11 is 0. The minimum atomic E-state index is -1.14. The number of rotatable bonds is 4. The van der Waals surface area contributed by atoms with Gasteiger partial charge in [-0.15, -0.1) is 0 Å². The Morgan fingerprint density at radius 1 is 1.26 bits per heavy atom. The summed E-state index contributed by atoms with van der Waals surface area (Å²) in [4.78, 5) is 34.6. The Bertz CT molecular complexity index is 522. The fourth-order valence-corrected chi connectivity index (χ4v) is 1.34. The predicted octanol–water partition coefficient (Wildman–Crippen LogP) is 0.931. The SMILES string of the molecule is CN(C(=O)c1ccc([N+](=O)[O-])cc1)C(C)(C)C(N)=O. The number of carbonyl (C=O) groups excluding carboxylic acids is 2. The van der Waals surface area contributed by atoms with Crippen molar-refractivity contribution >= 4 is 17.5 Å². The molecule has 0 aromatic heterocycles. The molecule has 0 radical (unpaired) electrons. The zero-order valence-electron chi connectivity index (χ0n) is 10.9. The van der Waals surface area contributed by atoms with Crippen LogP contribution >= 0.6 is 0 Å². The zero-order chi connectivity index (χ0) is 14.8. The van der Waals surface area contributed by atoms with Crippen molar-refractivity contribution in [2.24, 2.45) is 5.73 Å². The predicted molar refractivity (Wildman–Crippen MR) is 68.5 cm³/mol. The maximum atomic E-state index is 12.1. The summed E-state index contributed by atoms with van der Waals surface area (Å²) in [7, 11) is 1.45. The molecule has 1 aromatic rings. The van der Waals surface area contributed by atoms with Crippen molar-refractivity contribution < 1.29 is 14.5 Å². The fourth-order valence-electron chi connectivity index (χ4n) is 1.34. The molecule has 2 N–H and O–H groups in total. The molecule has 0 spiro atoms. The van der Waals surface area contributed by atoms with Gasteiger partial charge >= 0.3 is 0 Å². The van der Waals surface area contributed by atoms with Crippen molar-refractivity contribution in [3.63, 3.8) is 0 Å². The Morgan fingerprint density at radius 3 is 2.11 bits per heavy atom. The average Bonchev–Trinajstić information content (AvgIpc) is 2.36. The van der Waals surface area contributed by atoms with Gasteiger partial charge in [-0.1, -0.05) is 0 Å². The van der Waals surface area contributed by atoms with Gasteiger partial charge in [0.05, 0.1) is 4.92 Å². The van der Waals surface area contributed by atoms with Gasteiger partial charge < -0.3 is 10.6 Å². The molecule has 0 aliphatic heterocycles. The molecule has 1 rings (SSSR count). The third-order valence-corrected chi connectivity index (χ3v) is 3.07. The summed E-state index contributed by atoms with van der Waals surface area (Å²) in [6.07, 6.45) is 0. The van der Waals surface area contributed by atoms with Gasteiger partial charge in [0, 0.05) is 24.7 Å². The minimum absolute atomic E-state index is 0.103. The molecule has 1 aromatic carbocycles. The van der Waals surface area contributed by atoms with E-state index in [2.05, 4.69) is 0 Å². The van der Waals surface area contributed by atoms with Gasteiger partial charge in [0.25, 0.3) is 11.6 Å². The first kappa shape index (κ1) is 14.6. The topological polar surface area (TPSA) is 107 Å². The second-order valence-electron chi connectivity index (χ2n) is 4.59. The maximum absolute atomic E-state index is 12.1. The third kappa shape index (κ3) is 2.87. The van der Waals surface area contributed by atoms with E-state index in [1.807, 2.05) is 0 Å². The lowest BCUT2D eigenvalue weighted by atomic mass is 10.0. The Morgan fingerprint density at radius 2 is 1.74 bits per heavy atom. The first-order chi connectivity index (χ1) is 8.67. The van der Waals surface area contributed by atoms with Crippen molar-refractivity contribution in [1.82, 2.24) is 4.90 Å². The minimum Gasteiger partial charge on any atom is -0.368 e. The van der Waals surface area contributed by atoms with E-state index in [9.17, 15) is 19.7 Å². The van der Waals surface area contributed by atoms with Crippen molar-refractivity contribution in [3.8, 4) is 0 Å². The Hall–Kier alpha value is -2.44. The fraction of sp³-hybridized carbons (Fsp3) is 0.333. The normalized spacial score (nSPS) is 10.9. The van der Waals surface area contributed by atoms with Crippen LogP contribution in [0.15, 0.2) is 24.3 Å². The van der Waals surface area contributed by atoms with Gasteiger partial charge in [0.15, 0.2) is 0 Å². The molecule has 0 fully saturated rings. The summed E-state index contributed by atoms with van der Waals surface area (Å²) < 4.78 is 0. The van der Waals surface area contributed by atoms with Gasteiger partial charge in [-0.05, 0) is 26.0 Å². The molecule has 7 nitrogen and oxygen atoms in total. The smallest absolute Gasteiger partial charge is 0.269 e. The number of carbonyl (C=O) groups is 2. The van der Waals surface area contributed by atoms with Gasteiger partial charge in [-0.25, -0.2) is 0 Å². The lowest BCUT2D eigenvalue weighted by Crippen LogP contribution is -2.53. The van der Waals surface area contributed by atoms with E-state index >= 15 is 0 Å². The van der Waals surface area contributed by atoms with Crippen molar-refractivity contribution in [2.45, 2.75) is 19.4 Å². The van der Waals surface area contributed by atoms with Crippen LogP contribution in [0.4, 0.5) is 5.69 Å². The number of hydrogen-bond donors (Lipinski definition) is 1. The molecule has 7 heteroatoms. The Balaban J connectivity index is 3.01. The number of nitro benzene ring substituents is 1. The van der Waals surface area contributed by atoms with Gasteiger partial charge in [0.2, 0.25) is 5.91 Å². The molecule has 0 aliphatic rings. The monoisotopic (exact) mass is 265 g/mol. The van der Waals surface area contributed by atoms with Crippen LogP contribution in [-0.4, -0.2) is 34.2 Å². The molecule has 0 saturated carbocycles. The highest BCUT2D eigenvalue weighted by atomic mass is 16.6. The second-order valence-corrected chi connectivity index (χ2v) is 4.59. The lowest BCUT2D eigenvalue weighted by Gasteiger charge is -2.32. The highest BCUT2D eigenvalue weighted by molar-refractivity contribution is 5.98. The molecular weight excluding hydrogens is 250 g/mol. The maximum Gasteiger partial charge on any atom is 0.269 e. The van der Waals surface area contributed by atoms with Gasteiger partial charge in [-0.3, -0.25) is 19.7 Å². The molecule has 102 valence electrons. The quantitative estimate of drug-likeness (QED) is 0.645. The van der Waals surface area contributed by atoms with E-state index < -0.39 is 22.3 Å². The molecule has 0 saturated heterocycles. The largest absolute Gasteiger partial charge is 0.368 e. The van der Waals surface area contributed by atoms with Crippen molar-refractivity contribution in [1.29, 1.82) is 0 Å². The number of nitro groups is 1. The summed E-state index contributed by atoms with van der Waals surface area (Å²) in [6, 6.07) is 5.15. The highest BCUT2D eigenvalue weighted by Crippen LogP contribution is 2.18.